The molecule has 1 aromatic heterocycles. The van der Waals surface area contributed by atoms with Crippen LogP contribution in [0.2, 0.25) is 0 Å². The third kappa shape index (κ3) is 2.88. The van der Waals surface area contributed by atoms with E-state index in [2.05, 4.69) is 10.2 Å². The van der Waals surface area contributed by atoms with Gasteiger partial charge >= 0.3 is 0 Å². The van der Waals surface area contributed by atoms with Gasteiger partial charge in [-0.3, -0.25) is 5.10 Å². The highest BCUT2D eigenvalue weighted by atomic mass is 32.2. The zero-order chi connectivity index (χ0) is 14.8. The fourth-order valence-corrected chi connectivity index (χ4v) is 4.11. The van der Waals surface area contributed by atoms with Gasteiger partial charge in [0, 0.05) is 31.0 Å². The molecule has 114 valence electrons. The smallest absolute Gasteiger partial charge is 0.262 e. The highest BCUT2D eigenvalue weighted by molar-refractivity contribution is 7.89. The fraction of sp³-hybridized carbons (Fsp3) is 0.750. The molecule has 8 heteroatoms. The minimum absolute atomic E-state index is 0.0684. The molecular formula is C12H21N3O4S. The van der Waals surface area contributed by atoms with Gasteiger partial charge in [0.2, 0.25) is 0 Å². The van der Waals surface area contributed by atoms with Crippen molar-refractivity contribution >= 4 is 10.0 Å². The number of aliphatic hydroxyl groups is 1. The average molecular weight is 303 g/mol. The summed E-state index contributed by atoms with van der Waals surface area (Å²) in [5, 5.41) is 15.7. The average Bonchev–Trinajstić information content (AvgIpc) is 2.81. The lowest BCUT2D eigenvalue weighted by Gasteiger charge is -2.31. The predicted octanol–water partition coefficient (Wildman–Crippen LogP) is 0.400. The van der Waals surface area contributed by atoms with E-state index < -0.39 is 10.0 Å². The van der Waals surface area contributed by atoms with E-state index in [4.69, 9.17) is 4.74 Å². The van der Waals surface area contributed by atoms with Crippen molar-refractivity contribution in [2.45, 2.75) is 44.4 Å². The minimum atomic E-state index is -3.68. The van der Waals surface area contributed by atoms with Gasteiger partial charge in [0.1, 0.15) is 0 Å². The number of H-pyrrole nitrogens is 1. The number of hydrogen-bond acceptors (Lipinski definition) is 5. The minimum Gasteiger partial charge on any atom is -0.392 e. The van der Waals surface area contributed by atoms with E-state index in [9.17, 15) is 13.5 Å². The first-order valence-electron chi connectivity index (χ1n) is 6.77. The zero-order valence-corrected chi connectivity index (χ0v) is 12.6. The van der Waals surface area contributed by atoms with Gasteiger partial charge in [-0.1, -0.05) is 0 Å². The summed E-state index contributed by atoms with van der Waals surface area (Å²) in [5.74, 6) is 0. The molecular weight excluding hydrogens is 282 g/mol. The number of piperidine rings is 1. The van der Waals surface area contributed by atoms with Crippen LogP contribution < -0.4 is 0 Å². The quantitative estimate of drug-likeness (QED) is 0.821. The summed E-state index contributed by atoms with van der Waals surface area (Å²) in [5.41, 5.74) is 0.910. The Bertz CT molecular complexity index is 553. The van der Waals surface area contributed by atoms with Crippen molar-refractivity contribution in [3.63, 3.8) is 0 Å². The van der Waals surface area contributed by atoms with Crippen LogP contribution >= 0.6 is 0 Å². The van der Waals surface area contributed by atoms with Crippen LogP contribution in [0.25, 0.3) is 0 Å². The Balaban J connectivity index is 2.25. The molecule has 20 heavy (non-hydrogen) atoms. The Kier molecular flexibility index (Phi) is 4.79. The molecule has 1 atom stereocenters. The van der Waals surface area contributed by atoms with E-state index >= 15 is 0 Å². The number of nitrogens with zero attached hydrogens (tertiary/aromatic N) is 2. The van der Waals surface area contributed by atoms with Crippen LogP contribution in [0, 0.1) is 6.92 Å². The Morgan fingerprint density at radius 2 is 2.30 bits per heavy atom. The normalized spacial score (nSPS) is 21.2. The van der Waals surface area contributed by atoms with Crippen LogP contribution in [0.1, 0.15) is 31.0 Å². The van der Waals surface area contributed by atoms with Gasteiger partial charge in [0.05, 0.1) is 12.7 Å². The standard InChI is InChI=1S/C12H21N3O4S/c1-3-19-10-5-4-6-15(7-10)20(17,18)12-11(8-16)9(2)13-14-12/h10,16H,3-8H2,1-2H3,(H,13,14). The highest BCUT2D eigenvalue weighted by Crippen LogP contribution is 2.24. The molecule has 1 fully saturated rings. The Hall–Kier alpha value is -0.960. The summed E-state index contributed by atoms with van der Waals surface area (Å²) in [6.45, 7) is 4.61. The third-order valence-corrected chi connectivity index (χ3v) is 5.36. The van der Waals surface area contributed by atoms with E-state index in [1.807, 2.05) is 6.92 Å². The van der Waals surface area contributed by atoms with Gasteiger partial charge in [-0.05, 0) is 26.7 Å². The van der Waals surface area contributed by atoms with Gasteiger partial charge in [0.25, 0.3) is 10.0 Å². The molecule has 0 bridgehead atoms. The van der Waals surface area contributed by atoms with Crippen molar-refractivity contribution in [1.29, 1.82) is 0 Å². The summed E-state index contributed by atoms with van der Waals surface area (Å²) in [7, 11) is -3.68. The Labute approximate surface area is 119 Å². The van der Waals surface area contributed by atoms with Crippen molar-refractivity contribution in [3.8, 4) is 0 Å². The lowest BCUT2D eigenvalue weighted by molar-refractivity contribution is 0.0264. The molecule has 2 N–H and O–H groups in total. The number of nitrogens with one attached hydrogen (secondary N) is 1. The van der Waals surface area contributed by atoms with E-state index in [-0.39, 0.29) is 17.7 Å². The fourth-order valence-electron chi connectivity index (χ4n) is 2.45. The molecule has 7 nitrogen and oxygen atoms in total. The van der Waals surface area contributed by atoms with E-state index in [1.54, 1.807) is 6.92 Å². The summed E-state index contributed by atoms with van der Waals surface area (Å²) < 4.78 is 32.1. The summed E-state index contributed by atoms with van der Waals surface area (Å²) in [6.07, 6.45) is 1.56. The van der Waals surface area contributed by atoms with E-state index in [1.165, 1.54) is 4.31 Å². The SMILES string of the molecule is CCOC1CCCN(S(=O)(=O)c2n[nH]c(C)c2CO)C1. The second-order valence-corrected chi connectivity index (χ2v) is 6.73. The number of aromatic nitrogens is 2. The molecule has 1 aliphatic rings. The Morgan fingerprint density at radius 3 is 2.95 bits per heavy atom. The first-order chi connectivity index (χ1) is 9.50. The largest absolute Gasteiger partial charge is 0.392 e. The van der Waals surface area contributed by atoms with Crippen LogP contribution in [-0.4, -0.2) is 53.8 Å². The molecule has 1 aliphatic heterocycles. The zero-order valence-electron chi connectivity index (χ0n) is 11.8. The van der Waals surface area contributed by atoms with Crippen LogP contribution in [0.4, 0.5) is 0 Å². The van der Waals surface area contributed by atoms with E-state index in [0.29, 0.717) is 31.0 Å². The van der Waals surface area contributed by atoms with Crippen LogP contribution in [-0.2, 0) is 21.4 Å². The van der Waals surface area contributed by atoms with Gasteiger partial charge in [0.15, 0.2) is 5.03 Å². The monoisotopic (exact) mass is 303 g/mol. The Morgan fingerprint density at radius 1 is 1.55 bits per heavy atom. The van der Waals surface area contributed by atoms with Crippen LogP contribution in [0.5, 0.6) is 0 Å². The molecule has 2 rings (SSSR count). The maximum atomic E-state index is 12.6. The number of ether oxygens (including phenoxy) is 1. The summed E-state index contributed by atoms with van der Waals surface area (Å²) in [6, 6.07) is 0. The summed E-state index contributed by atoms with van der Waals surface area (Å²) in [4.78, 5) is 0. The number of aliphatic hydroxyl groups excluding tert-OH is 1. The molecule has 1 unspecified atom stereocenters. The number of hydrogen-bond donors (Lipinski definition) is 2. The molecule has 0 aromatic carbocycles. The van der Waals surface area contributed by atoms with Crippen molar-refractivity contribution in [2.24, 2.45) is 0 Å². The van der Waals surface area contributed by atoms with Crippen molar-refractivity contribution < 1.29 is 18.3 Å². The van der Waals surface area contributed by atoms with Gasteiger partial charge < -0.3 is 9.84 Å². The van der Waals surface area contributed by atoms with Gasteiger partial charge in [-0.25, -0.2) is 8.42 Å². The highest BCUT2D eigenvalue weighted by Gasteiger charge is 2.34. The molecule has 0 spiro atoms. The molecule has 0 saturated carbocycles. The maximum Gasteiger partial charge on any atom is 0.262 e. The first-order valence-corrected chi connectivity index (χ1v) is 8.21. The molecule has 0 radical (unpaired) electrons. The van der Waals surface area contributed by atoms with Gasteiger partial charge in [-0.15, -0.1) is 0 Å². The lowest BCUT2D eigenvalue weighted by Crippen LogP contribution is -2.43. The lowest BCUT2D eigenvalue weighted by atomic mass is 10.1. The van der Waals surface area contributed by atoms with Crippen molar-refractivity contribution in [3.05, 3.63) is 11.3 Å². The maximum absolute atomic E-state index is 12.6. The van der Waals surface area contributed by atoms with Gasteiger partial charge in [-0.2, -0.15) is 9.40 Å². The molecule has 1 saturated heterocycles. The van der Waals surface area contributed by atoms with E-state index in [0.717, 1.165) is 12.8 Å². The third-order valence-electron chi connectivity index (χ3n) is 3.52. The van der Waals surface area contributed by atoms with Crippen LogP contribution in [0.3, 0.4) is 0 Å². The number of aromatic amines is 1. The topological polar surface area (TPSA) is 95.5 Å². The summed E-state index contributed by atoms with van der Waals surface area (Å²) >= 11 is 0. The van der Waals surface area contributed by atoms with Crippen molar-refractivity contribution in [2.75, 3.05) is 19.7 Å². The molecule has 0 amide bonds. The number of rotatable bonds is 5. The second-order valence-electron chi connectivity index (χ2n) is 4.87. The molecule has 0 aliphatic carbocycles. The first kappa shape index (κ1) is 15.4. The molecule has 2 heterocycles. The predicted molar refractivity (Wildman–Crippen MR) is 72.7 cm³/mol. The van der Waals surface area contributed by atoms with Crippen LogP contribution in [0.15, 0.2) is 5.03 Å². The number of sulfonamides is 1. The molecule has 1 aromatic rings. The number of aryl methyl sites for hydroxylation is 1. The van der Waals surface area contributed by atoms with Crippen molar-refractivity contribution in [1.82, 2.24) is 14.5 Å². The second kappa shape index (κ2) is 6.21.